The van der Waals surface area contributed by atoms with Crippen molar-refractivity contribution in [3.63, 3.8) is 0 Å². The summed E-state index contributed by atoms with van der Waals surface area (Å²) in [5, 5.41) is -0.684. The summed E-state index contributed by atoms with van der Waals surface area (Å²) in [6.07, 6.45) is 0. The Bertz CT molecular complexity index is 3000. The van der Waals surface area contributed by atoms with Crippen LogP contribution in [-0.4, -0.2) is 0 Å². The Morgan fingerprint density at radius 3 is 1.72 bits per heavy atom. The highest BCUT2D eigenvalue weighted by Crippen LogP contribution is 2.44. The van der Waals surface area contributed by atoms with E-state index in [4.69, 9.17) is 22.2 Å². The standard InChI is InChI=1S/C38H24O/c1-2-12-25(13-3-1)36-30-17-4-6-19-32(30)37(33-20-7-5-18-31(33)36)27-15-10-14-26(24-27)28-21-11-22-34-29-16-8-9-23-35(29)39-38(28)34/h1-24H/i1D,2D,3D,4D,5D,6D,7D,10D,12D,13D,14D,15D,17D,18D,19D,20D,24D. The second-order valence-electron chi connectivity index (χ2n) is 8.78. The summed E-state index contributed by atoms with van der Waals surface area (Å²) in [4.78, 5) is 0. The molecule has 0 saturated heterocycles. The Hall–Kier alpha value is -5.14. The molecule has 0 saturated carbocycles. The summed E-state index contributed by atoms with van der Waals surface area (Å²) < 4.78 is 157. The molecule has 0 unspecified atom stereocenters. The first-order valence-electron chi connectivity index (χ1n) is 20.5. The molecule has 0 amide bonds. The summed E-state index contributed by atoms with van der Waals surface area (Å²) >= 11 is 0. The van der Waals surface area contributed by atoms with Gasteiger partial charge < -0.3 is 4.42 Å². The summed E-state index contributed by atoms with van der Waals surface area (Å²) in [7, 11) is 0. The molecule has 0 fully saturated rings. The zero-order chi connectivity index (χ0) is 40.6. The van der Waals surface area contributed by atoms with Crippen LogP contribution in [0.5, 0.6) is 0 Å². The lowest BCUT2D eigenvalue weighted by Crippen LogP contribution is -1.91. The zero-order valence-corrected chi connectivity index (χ0v) is 19.9. The van der Waals surface area contributed by atoms with Gasteiger partial charge in [0.2, 0.25) is 0 Å². The molecule has 0 atom stereocenters. The van der Waals surface area contributed by atoms with Gasteiger partial charge in [0.1, 0.15) is 11.2 Å². The first-order valence-corrected chi connectivity index (χ1v) is 12.0. The maximum Gasteiger partial charge on any atom is 0.143 e. The van der Waals surface area contributed by atoms with Gasteiger partial charge in [-0.15, -0.1) is 0 Å². The van der Waals surface area contributed by atoms with Crippen LogP contribution in [0.25, 0.3) is 76.9 Å². The van der Waals surface area contributed by atoms with Gasteiger partial charge in [-0.05, 0) is 61.5 Å². The normalized spacial score (nSPS) is 17.7. The van der Waals surface area contributed by atoms with Gasteiger partial charge in [-0.25, -0.2) is 0 Å². The molecule has 1 aromatic heterocycles. The molecule has 0 aliphatic heterocycles. The molecule has 7 aromatic carbocycles. The van der Waals surface area contributed by atoms with Gasteiger partial charge in [0.15, 0.2) is 0 Å². The van der Waals surface area contributed by atoms with E-state index < -0.39 is 147 Å². The number of fused-ring (bicyclic) bond motifs is 5. The van der Waals surface area contributed by atoms with E-state index in [1.54, 1.807) is 36.4 Å². The third kappa shape index (κ3) is 3.41. The monoisotopic (exact) mass is 513 g/mol. The van der Waals surface area contributed by atoms with Crippen molar-refractivity contribution >= 4 is 43.5 Å². The summed E-state index contributed by atoms with van der Waals surface area (Å²) in [5.41, 5.74) is -1.39. The number of hydrogen-bond donors (Lipinski definition) is 0. The molecule has 0 N–H and O–H groups in total. The molecule has 8 aromatic rings. The molecule has 39 heavy (non-hydrogen) atoms. The Kier molecular flexibility index (Phi) is 2.44. The van der Waals surface area contributed by atoms with Crippen molar-refractivity contribution in [1.29, 1.82) is 0 Å². The summed E-state index contributed by atoms with van der Waals surface area (Å²) in [6.45, 7) is 0. The molecule has 8 rings (SSSR count). The Morgan fingerprint density at radius 1 is 0.436 bits per heavy atom. The molecule has 0 bridgehead atoms. The van der Waals surface area contributed by atoms with Gasteiger partial charge in [-0.1, -0.05) is 133 Å². The molecular weight excluding hydrogens is 472 g/mol. The van der Waals surface area contributed by atoms with Crippen molar-refractivity contribution in [2.75, 3.05) is 0 Å². The minimum atomic E-state index is -0.820. The fourth-order valence-electron chi connectivity index (χ4n) is 5.05. The maximum absolute atomic E-state index is 9.69. The molecule has 1 heteroatoms. The summed E-state index contributed by atoms with van der Waals surface area (Å²) in [5.74, 6) is 0. The van der Waals surface area contributed by atoms with Crippen molar-refractivity contribution in [1.82, 2.24) is 0 Å². The number of para-hydroxylation sites is 2. The summed E-state index contributed by atoms with van der Waals surface area (Å²) in [6, 6.07) is -1.03. The van der Waals surface area contributed by atoms with Crippen LogP contribution in [0.4, 0.5) is 0 Å². The van der Waals surface area contributed by atoms with E-state index in [0.29, 0.717) is 11.0 Å². The van der Waals surface area contributed by atoms with E-state index in [1.165, 1.54) is 0 Å². The number of rotatable bonds is 3. The lowest BCUT2D eigenvalue weighted by Gasteiger charge is -2.18. The second kappa shape index (κ2) is 8.72. The highest BCUT2D eigenvalue weighted by Gasteiger charge is 2.17. The van der Waals surface area contributed by atoms with Crippen LogP contribution in [0.1, 0.15) is 23.3 Å². The average Bonchev–Trinajstić information content (AvgIpc) is 3.57. The fraction of sp³-hybridized carbons (Fsp3) is 0. The molecule has 1 nitrogen and oxygen atoms in total. The van der Waals surface area contributed by atoms with Gasteiger partial charge in [0.25, 0.3) is 0 Å². The molecule has 0 radical (unpaired) electrons. The average molecular weight is 514 g/mol. The molecule has 0 aliphatic rings. The van der Waals surface area contributed by atoms with Gasteiger partial charge in [-0.2, -0.15) is 0 Å². The molecule has 182 valence electrons. The third-order valence-corrected chi connectivity index (χ3v) is 6.67. The van der Waals surface area contributed by atoms with E-state index in [9.17, 15) is 5.48 Å². The Balaban J connectivity index is 1.69. The van der Waals surface area contributed by atoms with Crippen molar-refractivity contribution in [3.05, 3.63) is 145 Å². The van der Waals surface area contributed by atoms with E-state index in [0.717, 1.165) is 5.39 Å². The number of furan rings is 1. The van der Waals surface area contributed by atoms with Crippen LogP contribution in [0.2, 0.25) is 0 Å². The van der Waals surface area contributed by atoms with Crippen LogP contribution in [-0.2, 0) is 0 Å². The predicted octanol–water partition coefficient (Wildman–Crippen LogP) is 10.9. The van der Waals surface area contributed by atoms with E-state index >= 15 is 0 Å². The van der Waals surface area contributed by atoms with Crippen LogP contribution in [0.15, 0.2) is 150 Å². The van der Waals surface area contributed by atoms with E-state index in [2.05, 4.69) is 0 Å². The van der Waals surface area contributed by atoms with Gasteiger partial charge in [0.05, 0.1) is 23.3 Å². The maximum atomic E-state index is 9.69. The highest BCUT2D eigenvalue weighted by atomic mass is 16.3. The lowest BCUT2D eigenvalue weighted by molar-refractivity contribution is 0.670. The number of hydrogen-bond acceptors (Lipinski definition) is 1. The van der Waals surface area contributed by atoms with Crippen molar-refractivity contribution < 1.29 is 27.7 Å². The molecule has 0 spiro atoms. The van der Waals surface area contributed by atoms with Gasteiger partial charge >= 0.3 is 0 Å². The predicted molar refractivity (Wildman–Crippen MR) is 165 cm³/mol. The van der Waals surface area contributed by atoms with Crippen LogP contribution >= 0.6 is 0 Å². The first-order chi connectivity index (χ1) is 26.4. The van der Waals surface area contributed by atoms with Crippen LogP contribution in [0, 0.1) is 0 Å². The largest absolute Gasteiger partial charge is 0.455 e. The topological polar surface area (TPSA) is 13.1 Å². The highest BCUT2D eigenvalue weighted by molar-refractivity contribution is 6.21. The molecule has 0 aliphatic carbocycles. The number of benzene rings is 7. The molecule has 1 heterocycles. The van der Waals surface area contributed by atoms with Crippen molar-refractivity contribution in [2.45, 2.75) is 0 Å². The quantitative estimate of drug-likeness (QED) is 0.214. The molecular formula is C38H24O. The fourth-order valence-corrected chi connectivity index (χ4v) is 5.05. The lowest BCUT2D eigenvalue weighted by atomic mass is 9.85. The smallest absolute Gasteiger partial charge is 0.143 e. The van der Waals surface area contributed by atoms with E-state index in [1.807, 2.05) is 6.07 Å². The third-order valence-electron chi connectivity index (χ3n) is 6.67. The van der Waals surface area contributed by atoms with Gasteiger partial charge in [-0.3, -0.25) is 0 Å². The minimum absolute atomic E-state index is 0.177. The van der Waals surface area contributed by atoms with E-state index in [-0.39, 0.29) is 16.7 Å². The minimum Gasteiger partial charge on any atom is -0.455 e. The zero-order valence-electron chi connectivity index (χ0n) is 36.9. The van der Waals surface area contributed by atoms with Gasteiger partial charge in [0, 0.05) is 16.3 Å². The first kappa shape index (κ1) is 10.9. The van der Waals surface area contributed by atoms with Crippen molar-refractivity contribution in [3.8, 4) is 33.4 Å². The Morgan fingerprint density at radius 2 is 1.00 bits per heavy atom. The second-order valence-corrected chi connectivity index (χ2v) is 8.78. The SMILES string of the molecule is [2H]c1c([2H])c([2H])c(-c2c3c([2H])c([2H])c([2H])c([2H])c3c(-c3c([2H])c([2H])c([2H])c(-c4cccc5c4oc4ccccc45)c3[2H])c3c([2H])c([2H])c([2H])c([2H])c23)c([2H])c1[2H]. The van der Waals surface area contributed by atoms with Crippen LogP contribution in [0.3, 0.4) is 0 Å². The van der Waals surface area contributed by atoms with Crippen LogP contribution < -0.4 is 0 Å². The van der Waals surface area contributed by atoms with Crippen molar-refractivity contribution in [2.24, 2.45) is 0 Å². The Labute approximate surface area is 250 Å².